The summed E-state index contributed by atoms with van der Waals surface area (Å²) in [5.41, 5.74) is 2.56. The first-order valence-electron chi connectivity index (χ1n) is 6.15. The fraction of sp³-hybridized carbons (Fsp3) is 0.538. The van der Waals surface area contributed by atoms with Crippen LogP contribution >= 0.6 is 0 Å². The van der Waals surface area contributed by atoms with Crippen molar-refractivity contribution in [2.24, 2.45) is 0 Å². The summed E-state index contributed by atoms with van der Waals surface area (Å²) in [7, 11) is -2.82. The molecular weight excluding hydrogens is 250 g/mol. The maximum Gasteiger partial charge on any atom is 0.150 e. The van der Waals surface area contributed by atoms with Crippen LogP contribution in [0.15, 0.2) is 12.1 Å². The van der Waals surface area contributed by atoms with Gasteiger partial charge in [0.1, 0.15) is 15.6 Å². The molecule has 1 saturated heterocycles. The molecule has 1 aliphatic heterocycles. The zero-order valence-electron chi connectivity index (χ0n) is 10.7. The van der Waals surface area contributed by atoms with Crippen LogP contribution in [0.1, 0.15) is 24.0 Å². The molecule has 2 rings (SSSR count). The molecule has 0 aromatic heterocycles. The molecule has 5 heteroatoms. The van der Waals surface area contributed by atoms with Crippen molar-refractivity contribution in [3.8, 4) is 5.75 Å². The fourth-order valence-electron chi connectivity index (χ4n) is 2.25. The summed E-state index contributed by atoms with van der Waals surface area (Å²) in [5.74, 6) is 0.812. The number of hydrogen-bond donors (Lipinski definition) is 2. The minimum Gasteiger partial charge on any atom is -0.507 e. The Kier molecular flexibility index (Phi) is 3.52. The Balaban J connectivity index is 2.09. The molecule has 1 heterocycles. The predicted molar refractivity (Wildman–Crippen MR) is 72.9 cm³/mol. The van der Waals surface area contributed by atoms with Crippen molar-refractivity contribution in [2.75, 3.05) is 16.8 Å². The molecule has 0 spiro atoms. The van der Waals surface area contributed by atoms with Crippen LogP contribution < -0.4 is 5.32 Å². The lowest BCUT2D eigenvalue weighted by Crippen LogP contribution is -2.32. The fourth-order valence-corrected chi connectivity index (χ4v) is 3.74. The Morgan fingerprint density at radius 1 is 1.22 bits per heavy atom. The molecule has 1 aliphatic rings. The van der Waals surface area contributed by atoms with Gasteiger partial charge in [-0.1, -0.05) is 6.07 Å². The molecule has 4 nitrogen and oxygen atoms in total. The van der Waals surface area contributed by atoms with Crippen molar-refractivity contribution in [1.29, 1.82) is 0 Å². The van der Waals surface area contributed by atoms with E-state index in [1.165, 1.54) is 0 Å². The van der Waals surface area contributed by atoms with Crippen LogP contribution in [-0.4, -0.2) is 31.1 Å². The van der Waals surface area contributed by atoms with Crippen molar-refractivity contribution < 1.29 is 13.5 Å². The highest BCUT2D eigenvalue weighted by atomic mass is 32.2. The van der Waals surface area contributed by atoms with E-state index < -0.39 is 9.84 Å². The van der Waals surface area contributed by atoms with E-state index in [9.17, 15) is 13.5 Å². The quantitative estimate of drug-likeness (QED) is 0.861. The van der Waals surface area contributed by atoms with Gasteiger partial charge in [0.15, 0.2) is 0 Å². The standard InChI is InChI=1S/C13H19NO3S/c1-9-3-4-12(10(2)13(9)15)14-11-5-7-18(16,17)8-6-11/h3-4,11,14-15H,5-8H2,1-2H3. The molecule has 18 heavy (non-hydrogen) atoms. The largest absolute Gasteiger partial charge is 0.507 e. The van der Waals surface area contributed by atoms with Crippen LogP contribution in [0.2, 0.25) is 0 Å². The lowest BCUT2D eigenvalue weighted by molar-refractivity contribution is 0.467. The first-order valence-corrected chi connectivity index (χ1v) is 7.97. The number of anilines is 1. The van der Waals surface area contributed by atoms with Crippen molar-refractivity contribution in [3.63, 3.8) is 0 Å². The van der Waals surface area contributed by atoms with Gasteiger partial charge in [0.2, 0.25) is 0 Å². The second-order valence-electron chi connectivity index (χ2n) is 4.97. The first-order chi connectivity index (χ1) is 8.39. The molecule has 0 bridgehead atoms. The number of phenolic OH excluding ortho intramolecular Hbond substituents is 1. The number of aromatic hydroxyl groups is 1. The zero-order valence-corrected chi connectivity index (χ0v) is 11.5. The monoisotopic (exact) mass is 269 g/mol. The molecule has 0 amide bonds. The maximum absolute atomic E-state index is 11.3. The summed E-state index contributed by atoms with van der Waals surface area (Å²) in [6, 6.07) is 3.98. The van der Waals surface area contributed by atoms with Gasteiger partial charge in [-0.25, -0.2) is 8.42 Å². The second kappa shape index (κ2) is 4.80. The molecule has 1 aromatic carbocycles. The van der Waals surface area contributed by atoms with Crippen LogP contribution in [0.5, 0.6) is 5.75 Å². The molecule has 100 valence electrons. The van der Waals surface area contributed by atoms with Crippen LogP contribution in [0.4, 0.5) is 5.69 Å². The summed E-state index contributed by atoms with van der Waals surface area (Å²) >= 11 is 0. The number of sulfone groups is 1. The third kappa shape index (κ3) is 2.77. The lowest BCUT2D eigenvalue weighted by atomic mass is 10.1. The van der Waals surface area contributed by atoms with E-state index in [4.69, 9.17) is 0 Å². The number of aryl methyl sites for hydroxylation is 1. The summed E-state index contributed by atoms with van der Waals surface area (Å²) in [4.78, 5) is 0. The van der Waals surface area contributed by atoms with Gasteiger partial charge in [0, 0.05) is 17.3 Å². The van der Waals surface area contributed by atoms with E-state index in [1.807, 2.05) is 26.0 Å². The number of phenols is 1. The van der Waals surface area contributed by atoms with Crippen LogP contribution in [0, 0.1) is 13.8 Å². The zero-order chi connectivity index (χ0) is 13.3. The van der Waals surface area contributed by atoms with Crippen LogP contribution in [0.25, 0.3) is 0 Å². The Bertz CT molecular complexity index is 538. The van der Waals surface area contributed by atoms with Gasteiger partial charge < -0.3 is 10.4 Å². The van der Waals surface area contributed by atoms with E-state index in [0.717, 1.165) is 16.8 Å². The van der Waals surface area contributed by atoms with E-state index in [-0.39, 0.29) is 17.5 Å². The van der Waals surface area contributed by atoms with Crippen LogP contribution in [0.3, 0.4) is 0 Å². The number of nitrogens with one attached hydrogen (secondary N) is 1. The van der Waals surface area contributed by atoms with Gasteiger partial charge >= 0.3 is 0 Å². The van der Waals surface area contributed by atoms with Crippen LogP contribution in [-0.2, 0) is 9.84 Å². The molecule has 2 N–H and O–H groups in total. The predicted octanol–water partition coefficient (Wildman–Crippen LogP) is 2.00. The van der Waals surface area contributed by atoms with Crippen molar-refractivity contribution >= 4 is 15.5 Å². The molecule has 0 unspecified atom stereocenters. The highest BCUT2D eigenvalue weighted by molar-refractivity contribution is 7.91. The molecule has 0 atom stereocenters. The summed E-state index contributed by atoms with van der Waals surface area (Å²) < 4.78 is 22.7. The topological polar surface area (TPSA) is 66.4 Å². The van der Waals surface area contributed by atoms with E-state index >= 15 is 0 Å². The second-order valence-corrected chi connectivity index (χ2v) is 7.28. The maximum atomic E-state index is 11.3. The van der Waals surface area contributed by atoms with Crippen molar-refractivity contribution in [3.05, 3.63) is 23.3 Å². The Morgan fingerprint density at radius 3 is 2.44 bits per heavy atom. The molecular formula is C13H19NO3S. The van der Waals surface area contributed by atoms with E-state index in [0.29, 0.717) is 18.6 Å². The average molecular weight is 269 g/mol. The Morgan fingerprint density at radius 2 is 1.83 bits per heavy atom. The minimum absolute atomic E-state index is 0.175. The Hall–Kier alpha value is -1.23. The molecule has 0 saturated carbocycles. The minimum atomic E-state index is -2.82. The molecule has 1 aromatic rings. The van der Waals surface area contributed by atoms with Gasteiger partial charge in [-0.3, -0.25) is 0 Å². The normalized spacial score (nSPS) is 19.7. The summed E-state index contributed by atoms with van der Waals surface area (Å²) in [6.07, 6.45) is 1.27. The third-order valence-electron chi connectivity index (χ3n) is 3.55. The van der Waals surface area contributed by atoms with Gasteiger partial charge in [0.25, 0.3) is 0 Å². The van der Waals surface area contributed by atoms with Gasteiger partial charge in [-0.15, -0.1) is 0 Å². The highest BCUT2D eigenvalue weighted by Gasteiger charge is 2.23. The van der Waals surface area contributed by atoms with Gasteiger partial charge in [-0.05, 0) is 38.3 Å². The van der Waals surface area contributed by atoms with Gasteiger partial charge in [0.05, 0.1) is 11.5 Å². The van der Waals surface area contributed by atoms with Crippen molar-refractivity contribution in [1.82, 2.24) is 0 Å². The number of hydrogen-bond acceptors (Lipinski definition) is 4. The van der Waals surface area contributed by atoms with E-state index in [2.05, 4.69) is 5.32 Å². The molecule has 1 fully saturated rings. The van der Waals surface area contributed by atoms with Crippen molar-refractivity contribution in [2.45, 2.75) is 32.7 Å². The smallest absolute Gasteiger partial charge is 0.150 e. The summed E-state index contributed by atoms with van der Waals surface area (Å²) in [6.45, 7) is 3.73. The molecule has 0 radical (unpaired) electrons. The SMILES string of the molecule is Cc1ccc(NC2CCS(=O)(=O)CC2)c(C)c1O. The number of rotatable bonds is 2. The highest BCUT2D eigenvalue weighted by Crippen LogP contribution is 2.29. The van der Waals surface area contributed by atoms with E-state index in [1.54, 1.807) is 0 Å². The summed E-state index contributed by atoms with van der Waals surface area (Å²) in [5, 5.41) is 13.2. The Labute approximate surface area is 108 Å². The van der Waals surface area contributed by atoms with Gasteiger partial charge in [-0.2, -0.15) is 0 Å². The molecule has 0 aliphatic carbocycles. The number of benzene rings is 1. The first kappa shape index (κ1) is 13.2. The average Bonchev–Trinajstić information content (AvgIpc) is 2.32. The third-order valence-corrected chi connectivity index (χ3v) is 5.26. The lowest BCUT2D eigenvalue weighted by Gasteiger charge is -2.25.